The first kappa shape index (κ1) is 15.6. The number of hydrogen-bond acceptors (Lipinski definition) is 4. The van der Waals surface area contributed by atoms with Crippen molar-refractivity contribution in [3.63, 3.8) is 0 Å². The number of methoxy groups -OCH3 is 1. The molecule has 0 saturated carbocycles. The number of pyridine rings is 1. The van der Waals surface area contributed by atoms with E-state index in [0.717, 1.165) is 17.0 Å². The molecule has 1 aromatic carbocycles. The lowest BCUT2D eigenvalue weighted by molar-refractivity contribution is 0.251. The van der Waals surface area contributed by atoms with Crippen LogP contribution in [0, 0.1) is 0 Å². The maximum Gasteiger partial charge on any atom is 0.319 e. The largest absolute Gasteiger partial charge is 0.497 e. The summed E-state index contributed by atoms with van der Waals surface area (Å²) in [6, 6.07) is 14.3. The van der Waals surface area contributed by atoms with Gasteiger partial charge in [0.25, 0.3) is 0 Å². The Morgan fingerprint density at radius 1 is 1.17 bits per heavy atom. The van der Waals surface area contributed by atoms with Crippen molar-refractivity contribution in [2.24, 2.45) is 0 Å². The second-order valence-electron chi connectivity index (χ2n) is 5.07. The van der Waals surface area contributed by atoms with Gasteiger partial charge in [-0.25, -0.2) is 4.79 Å². The van der Waals surface area contributed by atoms with Gasteiger partial charge < -0.3 is 19.8 Å². The normalized spacial score (nSPS) is 10.2. The second kappa shape index (κ2) is 7.32. The van der Waals surface area contributed by atoms with Crippen LogP contribution in [-0.2, 0) is 6.54 Å². The zero-order valence-corrected chi connectivity index (χ0v) is 13.2. The highest BCUT2D eigenvalue weighted by Crippen LogP contribution is 2.17. The van der Waals surface area contributed by atoms with E-state index in [1.165, 1.54) is 0 Å². The van der Waals surface area contributed by atoms with Crippen LogP contribution in [0.1, 0.15) is 5.56 Å². The van der Waals surface area contributed by atoms with E-state index >= 15 is 0 Å². The molecule has 0 fully saturated rings. The number of carbonyl (C=O) groups excluding carboxylic acids is 1. The highest BCUT2D eigenvalue weighted by molar-refractivity contribution is 5.89. The minimum absolute atomic E-state index is 0.282. The van der Waals surface area contributed by atoms with Crippen molar-refractivity contribution in [2.75, 3.05) is 12.4 Å². The van der Waals surface area contributed by atoms with Gasteiger partial charge in [0.2, 0.25) is 0 Å². The van der Waals surface area contributed by atoms with Gasteiger partial charge in [-0.3, -0.25) is 4.98 Å². The Kier molecular flexibility index (Phi) is 4.76. The van der Waals surface area contributed by atoms with Crippen LogP contribution in [0.25, 0.3) is 11.5 Å². The number of hydrogen-bond donors (Lipinski definition) is 2. The lowest BCUT2D eigenvalue weighted by atomic mass is 10.2. The van der Waals surface area contributed by atoms with Crippen LogP contribution >= 0.6 is 0 Å². The summed E-state index contributed by atoms with van der Waals surface area (Å²) in [5, 5.41) is 5.54. The number of furan rings is 1. The molecule has 2 heterocycles. The number of amides is 2. The van der Waals surface area contributed by atoms with Crippen molar-refractivity contribution < 1.29 is 13.9 Å². The predicted octanol–water partition coefficient (Wildman–Crippen LogP) is 3.67. The Hall–Kier alpha value is -3.28. The zero-order chi connectivity index (χ0) is 16.8. The summed E-state index contributed by atoms with van der Waals surface area (Å²) in [4.78, 5) is 16.2. The van der Waals surface area contributed by atoms with Gasteiger partial charge in [-0.05, 0) is 48.0 Å². The third-order valence-electron chi connectivity index (χ3n) is 3.40. The molecule has 2 amide bonds. The summed E-state index contributed by atoms with van der Waals surface area (Å²) < 4.78 is 10.4. The third kappa shape index (κ3) is 3.92. The van der Waals surface area contributed by atoms with Crippen LogP contribution in [0.4, 0.5) is 10.5 Å². The zero-order valence-electron chi connectivity index (χ0n) is 13.2. The average Bonchev–Trinajstić information content (AvgIpc) is 3.16. The topological polar surface area (TPSA) is 76.4 Å². The molecule has 6 nitrogen and oxygen atoms in total. The molecule has 2 aromatic heterocycles. The first-order valence-electron chi connectivity index (χ1n) is 7.42. The lowest BCUT2D eigenvalue weighted by Crippen LogP contribution is -2.28. The first-order valence-corrected chi connectivity index (χ1v) is 7.42. The summed E-state index contributed by atoms with van der Waals surface area (Å²) in [5.41, 5.74) is 2.35. The molecule has 0 aliphatic heterocycles. The average molecular weight is 323 g/mol. The number of carbonyl (C=O) groups is 1. The SMILES string of the molecule is COc1ccc(NC(=O)NCc2ccc(-c3ccco3)nc2)cc1. The maximum atomic E-state index is 11.9. The number of anilines is 1. The minimum Gasteiger partial charge on any atom is -0.497 e. The van der Waals surface area contributed by atoms with E-state index in [9.17, 15) is 4.79 Å². The molecule has 2 N–H and O–H groups in total. The molecule has 3 rings (SSSR count). The van der Waals surface area contributed by atoms with Crippen LogP contribution in [0.3, 0.4) is 0 Å². The number of nitrogens with one attached hydrogen (secondary N) is 2. The van der Waals surface area contributed by atoms with E-state index in [4.69, 9.17) is 9.15 Å². The van der Waals surface area contributed by atoms with E-state index in [2.05, 4.69) is 15.6 Å². The summed E-state index contributed by atoms with van der Waals surface area (Å²) in [6.45, 7) is 0.382. The fourth-order valence-corrected chi connectivity index (χ4v) is 2.13. The molecule has 24 heavy (non-hydrogen) atoms. The summed E-state index contributed by atoms with van der Waals surface area (Å²) in [6.07, 6.45) is 3.32. The van der Waals surface area contributed by atoms with E-state index in [1.807, 2.05) is 24.3 Å². The van der Waals surface area contributed by atoms with Gasteiger partial charge in [-0.15, -0.1) is 0 Å². The number of nitrogens with zero attached hydrogens (tertiary/aromatic N) is 1. The second-order valence-corrected chi connectivity index (χ2v) is 5.07. The van der Waals surface area contributed by atoms with Crippen LogP contribution < -0.4 is 15.4 Å². The maximum absolute atomic E-state index is 11.9. The fraction of sp³-hybridized carbons (Fsp3) is 0.111. The van der Waals surface area contributed by atoms with Crippen molar-refractivity contribution in [3.05, 3.63) is 66.6 Å². The van der Waals surface area contributed by atoms with Gasteiger partial charge in [0.15, 0.2) is 5.76 Å². The van der Waals surface area contributed by atoms with Crippen molar-refractivity contribution >= 4 is 11.7 Å². The molecule has 0 aliphatic rings. The van der Waals surface area contributed by atoms with Crippen LogP contribution in [0.2, 0.25) is 0 Å². The lowest BCUT2D eigenvalue weighted by Gasteiger charge is -2.08. The quantitative estimate of drug-likeness (QED) is 0.751. The highest BCUT2D eigenvalue weighted by Gasteiger charge is 2.04. The molecule has 0 unspecified atom stereocenters. The van der Waals surface area contributed by atoms with Crippen molar-refractivity contribution in [1.82, 2.24) is 10.3 Å². The Morgan fingerprint density at radius 2 is 2.00 bits per heavy atom. The molecule has 0 spiro atoms. The Balaban J connectivity index is 1.52. The van der Waals surface area contributed by atoms with Gasteiger partial charge in [-0.2, -0.15) is 0 Å². The number of ether oxygens (including phenoxy) is 1. The molecular weight excluding hydrogens is 306 g/mol. The molecule has 3 aromatic rings. The predicted molar refractivity (Wildman–Crippen MR) is 90.8 cm³/mol. The number of benzene rings is 1. The Morgan fingerprint density at radius 3 is 2.62 bits per heavy atom. The van der Waals surface area contributed by atoms with E-state index < -0.39 is 0 Å². The van der Waals surface area contributed by atoms with Crippen LogP contribution in [0.15, 0.2) is 65.4 Å². The molecule has 0 aliphatic carbocycles. The van der Waals surface area contributed by atoms with Gasteiger partial charge in [0.05, 0.1) is 13.4 Å². The first-order chi connectivity index (χ1) is 11.7. The van der Waals surface area contributed by atoms with Crippen molar-refractivity contribution in [1.29, 1.82) is 0 Å². The highest BCUT2D eigenvalue weighted by atomic mass is 16.5. The smallest absolute Gasteiger partial charge is 0.319 e. The van der Waals surface area contributed by atoms with Crippen LogP contribution in [0.5, 0.6) is 5.75 Å². The van der Waals surface area contributed by atoms with E-state index in [1.54, 1.807) is 43.8 Å². The summed E-state index contributed by atoms with van der Waals surface area (Å²) >= 11 is 0. The third-order valence-corrected chi connectivity index (χ3v) is 3.40. The summed E-state index contributed by atoms with van der Waals surface area (Å²) in [7, 11) is 1.60. The Labute approximate surface area is 139 Å². The van der Waals surface area contributed by atoms with Gasteiger partial charge in [-0.1, -0.05) is 6.07 Å². The molecule has 0 radical (unpaired) electrons. The Bertz CT molecular complexity index is 781. The number of urea groups is 1. The van der Waals surface area contributed by atoms with Crippen molar-refractivity contribution in [2.45, 2.75) is 6.54 Å². The molecule has 0 bridgehead atoms. The van der Waals surface area contributed by atoms with Crippen molar-refractivity contribution in [3.8, 4) is 17.2 Å². The molecule has 6 heteroatoms. The van der Waals surface area contributed by atoms with E-state index in [0.29, 0.717) is 18.0 Å². The van der Waals surface area contributed by atoms with Gasteiger partial charge in [0.1, 0.15) is 11.4 Å². The number of aromatic nitrogens is 1. The fourth-order valence-electron chi connectivity index (χ4n) is 2.13. The molecular formula is C18H17N3O3. The monoisotopic (exact) mass is 323 g/mol. The molecule has 0 saturated heterocycles. The van der Waals surface area contributed by atoms with Gasteiger partial charge in [0, 0.05) is 18.4 Å². The van der Waals surface area contributed by atoms with E-state index in [-0.39, 0.29) is 6.03 Å². The molecule has 0 atom stereocenters. The molecule has 122 valence electrons. The standard InChI is InChI=1S/C18H17N3O3/c1-23-15-7-5-14(6-8-15)21-18(22)20-12-13-4-9-16(19-11-13)17-3-2-10-24-17/h2-11H,12H2,1H3,(H2,20,21,22). The minimum atomic E-state index is -0.282. The van der Waals surface area contributed by atoms with Crippen LogP contribution in [-0.4, -0.2) is 18.1 Å². The summed E-state index contributed by atoms with van der Waals surface area (Å²) in [5.74, 6) is 1.45. The number of rotatable bonds is 5. The van der Waals surface area contributed by atoms with Gasteiger partial charge >= 0.3 is 6.03 Å².